The van der Waals surface area contributed by atoms with Crippen LogP contribution in [0.25, 0.3) is 0 Å². The molecular formula is C12H14N2O5S. The fourth-order valence-electron chi connectivity index (χ4n) is 1.91. The van der Waals surface area contributed by atoms with Crippen molar-refractivity contribution < 1.29 is 22.7 Å². The van der Waals surface area contributed by atoms with E-state index in [0.717, 1.165) is 11.4 Å². The summed E-state index contributed by atoms with van der Waals surface area (Å²) in [4.78, 5) is 23.1. The molecule has 0 fully saturated rings. The molecular weight excluding hydrogens is 284 g/mol. The Labute approximate surface area is 116 Å². The number of esters is 1. The molecule has 0 radical (unpaired) electrons. The molecule has 0 bridgehead atoms. The summed E-state index contributed by atoms with van der Waals surface area (Å²) in [6.07, 6.45) is 0. The number of fused-ring (bicyclic) bond motifs is 1. The predicted molar refractivity (Wildman–Crippen MR) is 72.8 cm³/mol. The average Bonchev–Trinajstić information content (AvgIpc) is 2.44. The number of nitrogens with zero attached hydrogens (tertiary/aromatic N) is 1. The Balaban J connectivity index is 2.47. The molecule has 1 aromatic rings. The van der Waals surface area contributed by atoms with E-state index in [1.165, 1.54) is 6.92 Å². The van der Waals surface area contributed by atoms with Gasteiger partial charge in [-0.3, -0.25) is 13.9 Å². The highest BCUT2D eigenvalue weighted by atomic mass is 32.2. The molecule has 0 aliphatic carbocycles. The van der Waals surface area contributed by atoms with Crippen LogP contribution in [0.1, 0.15) is 6.92 Å². The van der Waals surface area contributed by atoms with E-state index in [1.54, 1.807) is 24.3 Å². The summed E-state index contributed by atoms with van der Waals surface area (Å²) in [5.74, 6) is -1.32. The fourth-order valence-corrected chi connectivity index (χ4v) is 3.36. The molecule has 108 valence electrons. The third kappa shape index (κ3) is 2.34. The maximum atomic E-state index is 12.4. The first kappa shape index (κ1) is 14.3. The monoisotopic (exact) mass is 298 g/mol. The normalized spacial score (nSPS) is 16.1. The van der Waals surface area contributed by atoms with Crippen LogP contribution >= 0.6 is 0 Å². The highest BCUT2D eigenvalue weighted by molar-refractivity contribution is 7.94. The Kier molecular flexibility index (Phi) is 3.67. The van der Waals surface area contributed by atoms with Crippen LogP contribution < -0.4 is 9.62 Å². The van der Waals surface area contributed by atoms with Crippen molar-refractivity contribution in [1.82, 2.24) is 0 Å². The highest BCUT2D eigenvalue weighted by Crippen LogP contribution is 2.32. The molecule has 7 nitrogen and oxygen atoms in total. The van der Waals surface area contributed by atoms with Gasteiger partial charge in [-0.15, -0.1) is 0 Å². The minimum absolute atomic E-state index is 0.336. The zero-order valence-electron chi connectivity index (χ0n) is 11.0. The summed E-state index contributed by atoms with van der Waals surface area (Å²) in [5.41, 5.74) is 0.729. The molecule has 1 heterocycles. The highest BCUT2D eigenvalue weighted by Gasteiger charge is 2.38. The van der Waals surface area contributed by atoms with Crippen LogP contribution in [-0.4, -0.2) is 39.2 Å². The first-order chi connectivity index (χ1) is 9.37. The van der Waals surface area contributed by atoms with Gasteiger partial charge in [-0.1, -0.05) is 12.1 Å². The molecule has 0 spiro atoms. The van der Waals surface area contributed by atoms with E-state index < -0.39 is 27.1 Å². The number of nitrogens with one attached hydrogen (secondary N) is 1. The van der Waals surface area contributed by atoms with Crippen LogP contribution in [-0.2, 0) is 24.3 Å². The fraction of sp³-hybridized carbons (Fsp3) is 0.333. The lowest BCUT2D eigenvalue weighted by atomic mass is 10.2. The second-order valence-electron chi connectivity index (χ2n) is 4.28. The molecule has 1 N–H and O–H groups in total. The van der Waals surface area contributed by atoms with Crippen LogP contribution in [0.15, 0.2) is 24.3 Å². The summed E-state index contributed by atoms with van der Waals surface area (Å²) in [5, 5.41) is 1.20. The lowest BCUT2D eigenvalue weighted by Gasteiger charge is -2.31. The van der Waals surface area contributed by atoms with Gasteiger partial charge in [0.15, 0.2) is 5.25 Å². The second kappa shape index (κ2) is 5.12. The number of carbonyl (C=O) groups excluding carboxylic acids is 2. The van der Waals surface area contributed by atoms with Gasteiger partial charge in [0.2, 0.25) is 15.9 Å². The zero-order valence-corrected chi connectivity index (χ0v) is 11.8. The predicted octanol–water partition coefficient (Wildman–Crippen LogP) is 0.336. The smallest absolute Gasteiger partial charge is 0.325 e. The van der Waals surface area contributed by atoms with Gasteiger partial charge in [0.05, 0.1) is 18.5 Å². The van der Waals surface area contributed by atoms with Gasteiger partial charge in [-0.2, -0.15) is 0 Å². The minimum atomic E-state index is -4.02. The quantitative estimate of drug-likeness (QED) is 0.812. The zero-order chi connectivity index (χ0) is 14.9. The van der Waals surface area contributed by atoms with Gasteiger partial charge in [0.25, 0.3) is 0 Å². The number of para-hydroxylation sites is 2. The molecule has 1 atom stereocenters. The summed E-state index contributed by atoms with van der Waals surface area (Å²) in [6, 6.07) is 6.49. The van der Waals surface area contributed by atoms with E-state index in [-0.39, 0.29) is 6.54 Å². The largest absolute Gasteiger partial charge is 0.468 e. The van der Waals surface area contributed by atoms with Gasteiger partial charge >= 0.3 is 5.97 Å². The topological polar surface area (TPSA) is 92.8 Å². The van der Waals surface area contributed by atoms with Crippen molar-refractivity contribution in [3.8, 4) is 0 Å². The van der Waals surface area contributed by atoms with E-state index in [9.17, 15) is 18.0 Å². The number of methoxy groups -OCH3 is 1. The van der Waals surface area contributed by atoms with E-state index in [1.807, 2.05) is 0 Å². The standard InChI is InChI=1S/C12H14N2O5S/c1-8(12(16)19-2)20(17,18)14-7-11(15)13-9-5-3-4-6-10(9)14/h3-6,8H,7H2,1-2H3,(H,13,15). The maximum absolute atomic E-state index is 12.4. The van der Waals surface area contributed by atoms with Gasteiger partial charge in [0.1, 0.15) is 6.54 Å². The van der Waals surface area contributed by atoms with Crippen molar-refractivity contribution in [2.75, 3.05) is 23.3 Å². The Morgan fingerprint density at radius 3 is 2.70 bits per heavy atom. The van der Waals surface area contributed by atoms with E-state index in [4.69, 9.17) is 0 Å². The lowest BCUT2D eigenvalue weighted by Crippen LogP contribution is -2.47. The Hall–Kier alpha value is -2.09. The van der Waals surface area contributed by atoms with Crippen molar-refractivity contribution in [1.29, 1.82) is 0 Å². The van der Waals surface area contributed by atoms with Crippen LogP contribution in [0, 0.1) is 0 Å². The number of carbonyl (C=O) groups is 2. The van der Waals surface area contributed by atoms with Crippen molar-refractivity contribution in [3.63, 3.8) is 0 Å². The van der Waals surface area contributed by atoms with Crippen LogP contribution in [0.4, 0.5) is 11.4 Å². The Bertz CT molecular complexity index is 656. The third-order valence-corrected chi connectivity index (χ3v) is 5.05. The summed E-state index contributed by atoms with van der Waals surface area (Å²) < 4.78 is 30.3. The number of rotatable bonds is 3. The van der Waals surface area contributed by atoms with Crippen molar-refractivity contribution in [3.05, 3.63) is 24.3 Å². The van der Waals surface area contributed by atoms with Crippen molar-refractivity contribution in [2.24, 2.45) is 0 Å². The van der Waals surface area contributed by atoms with E-state index in [0.29, 0.717) is 11.4 Å². The van der Waals surface area contributed by atoms with Gasteiger partial charge < -0.3 is 10.1 Å². The summed E-state index contributed by atoms with van der Waals surface area (Å²) in [6.45, 7) is 0.872. The summed E-state index contributed by atoms with van der Waals surface area (Å²) >= 11 is 0. The third-order valence-electron chi connectivity index (χ3n) is 3.02. The molecule has 0 aromatic heterocycles. The lowest BCUT2D eigenvalue weighted by molar-refractivity contribution is -0.139. The molecule has 0 saturated carbocycles. The van der Waals surface area contributed by atoms with Gasteiger partial charge in [-0.05, 0) is 19.1 Å². The second-order valence-corrected chi connectivity index (χ2v) is 6.46. The first-order valence-electron chi connectivity index (χ1n) is 5.86. The first-order valence-corrected chi connectivity index (χ1v) is 7.36. The molecule has 8 heteroatoms. The SMILES string of the molecule is COC(=O)C(C)S(=O)(=O)N1CC(=O)Nc2ccccc21. The van der Waals surface area contributed by atoms with Crippen LogP contribution in [0.3, 0.4) is 0 Å². The Morgan fingerprint density at radius 1 is 1.40 bits per heavy atom. The summed E-state index contributed by atoms with van der Waals surface area (Å²) in [7, 11) is -2.91. The molecule has 1 aliphatic rings. The number of sulfonamides is 1. The van der Waals surface area contributed by atoms with Crippen LogP contribution in [0.2, 0.25) is 0 Å². The molecule has 1 amide bonds. The number of ether oxygens (including phenoxy) is 1. The number of benzene rings is 1. The van der Waals surface area contributed by atoms with Crippen molar-refractivity contribution in [2.45, 2.75) is 12.2 Å². The van der Waals surface area contributed by atoms with E-state index >= 15 is 0 Å². The average molecular weight is 298 g/mol. The Morgan fingerprint density at radius 2 is 2.05 bits per heavy atom. The molecule has 20 heavy (non-hydrogen) atoms. The number of amides is 1. The number of hydrogen-bond acceptors (Lipinski definition) is 5. The molecule has 0 saturated heterocycles. The number of anilines is 2. The van der Waals surface area contributed by atoms with Crippen molar-refractivity contribution >= 4 is 33.3 Å². The number of hydrogen-bond donors (Lipinski definition) is 1. The van der Waals surface area contributed by atoms with Crippen LogP contribution in [0.5, 0.6) is 0 Å². The molecule has 1 unspecified atom stereocenters. The molecule has 1 aromatic carbocycles. The van der Waals surface area contributed by atoms with Gasteiger partial charge in [0, 0.05) is 0 Å². The molecule has 2 rings (SSSR count). The minimum Gasteiger partial charge on any atom is -0.468 e. The van der Waals surface area contributed by atoms with E-state index in [2.05, 4.69) is 10.1 Å². The molecule has 1 aliphatic heterocycles. The van der Waals surface area contributed by atoms with Gasteiger partial charge in [-0.25, -0.2) is 8.42 Å². The maximum Gasteiger partial charge on any atom is 0.325 e.